The van der Waals surface area contributed by atoms with Crippen LogP contribution in [0.15, 0.2) is 48.8 Å². The number of hydrogen-bond donors (Lipinski definition) is 2. The van der Waals surface area contributed by atoms with E-state index in [1.165, 1.54) is 13.8 Å². The highest BCUT2D eigenvalue weighted by atomic mass is 19.4. The minimum atomic E-state index is -5.06. The molecule has 1 aliphatic carbocycles. The van der Waals surface area contributed by atoms with E-state index in [4.69, 9.17) is 0 Å². The van der Waals surface area contributed by atoms with Gasteiger partial charge >= 0.3 is 6.36 Å². The van der Waals surface area contributed by atoms with E-state index in [1.807, 2.05) is 0 Å². The highest BCUT2D eigenvalue weighted by Crippen LogP contribution is 2.34. The van der Waals surface area contributed by atoms with Gasteiger partial charge in [-0.25, -0.2) is 4.39 Å². The Balaban J connectivity index is 1.67. The molecular formula is C24H24F4N4O3. The lowest BCUT2D eigenvalue weighted by atomic mass is 9.91. The second kappa shape index (κ2) is 9.29. The Hall–Kier alpha value is -3.47. The number of rotatable bonds is 8. The molecule has 0 spiro atoms. The van der Waals surface area contributed by atoms with Crippen molar-refractivity contribution < 1.29 is 32.2 Å². The molecule has 1 atom stereocenters. The van der Waals surface area contributed by atoms with E-state index in [0.717, 1.165) is 31.0 Å². The van der Waals surface area contributed by atoms with Gasteiger partial charge in [0.1, 0.15) is 5.69 Å². The predicted molar refractivity (Wildman–Crippen MR) is 118 cm³/mol. The van der Waals surface area contributed by atoms with Gasteiger partial charge in [-0.3, -0.25) is 14.5 Å². The zero-order chi connectivity index (χ0) is 25.4. The number of amides is 1. The van der Waals surface area contributed by atoms with Crippen molar-refractivity contribution >= 4 is 5.91 Å². The Morgan fingerprint density at radius 1 is 1.26 bits per heavy atom. The molecule has 186 valence electrons. The molecule has 1 aliphatic rings. The fourth-order valence-electron chi connectivity index (χ4n) is 3.79. The number of alkyl halides is 3. The average molecular weight is 492 g/mol. The molecule has 35 heavy (non-hydrogen) atoms. The molecule has 2 aromatic heterocycles. The first-order valence-electron chi connectivity index (χ1n) is 11.0. The van der Waals surface area contributed by atoms with Gasteiger partial charge in [-0.05, 0) is 62.4 Å². The van der Waals surface area contributed by atoms with Crippen LogP contribution in [0.5, 0.6) is 5.75 Å². The van der Waals surface area contributed by atoms with E-state index in [9.17, 15) is 27.5 Å². The van der Waals surface area contributed by atoms with Crippen molar-refractivity contribution in [2.75, 3.05) is 0 Å². The summed E-state index contributed by atoms with van der Waals surface area (Å²) >= 11 is 0. The second-order valence-corrected chi connectivity index (χ2v) is 9.05. The number of benzene rings is 1. The van der Waals surface area contributed by atoms with Gasteiger partial charge in [0.15, 0.2) is 11.6 Å². The molecule has 1 fully saturated rings. The number of carbonyl (C=O) groups excluding carboxylic acids is 1. The van der Waals surface area contributed by atoms with Crippen molar-refractivity contribution in [3.8, 4) is 17.0 Å². The largest absolute Gasteiger partial charge is 0.573 e. The van der Waals surface area contributed by atoms with Crippen molar-refractivity contribution in [1.29, 1.82) is 0 Å². The molecule has 2 N–H and O–H groups in total. The van der Waals surface area contributed by atoms with Crippen LogP contribution >= 0.6 is 0 Å². The Labute approximate surface area is 198 Å². The Morgan fingerprint density at radius 3 is 2.57 bits per heavy atom. The SMILES string of the molecule is CC(C)(O)[C@@H](NC(=O)c1c(-c2ccccn2)cnn1CC1CC1)c1ccc(OC(F)(F)F)c(F)c1. The number of carbonyl (C=O) groups is 1. The first-order chi connectivity index (χ1) is 16.4. The van der Waals surface area contributed by atoms with Gasteiger partial charge in [0.05, 0.1) is 29.1 Å². The lowest BCUT2D eigenvalue weighted by Crippen LogP contribution is -2.43. The molecule has 1 amide bonds. The van der Waals surface area contributed by atoms with Crippen molar-refractivity contribution in [1.82, 2.24) is 20.1 Å². The molecule has 11 heteroatoms. The fraction of sp³-hybridized carbons (Fsp3) is 0.375. The Morgan fingerprint density at radius 2 is 2.00 bits per heavy atom. The van der Waals surface area contributed by atoms with Gasteiger partial charge in [0.2, 0.25) is 0 Å². The first kappa shape index (κ1) is 24.6. The van der Waals surface area contributed by atoms with Gasteiger partial charge < -0.3 is 15.2 Å². The van der Waals surface area contributed by atoms with Crippen LogP contribution in [0.3, 0.4) is 0 Å². The monoisotopic (exact) mass is 492 g/mol. The molecule has 0 radical (unpaired) electrons. The molecule has 0 bridgehead atoms. The van der Waals surface area contributed by atoms with E-state index in [-0.39, 0.29) is 11.3 Å². The van der Waals surface area contributed by atoms with Gasteiger partial charge in [-0.1, -0.05) is 12.1 Å². The number of nitrogens with zero attached hydrogens (tertiary/aromatic N) is 3. The fourth-order valence-corrected chi connectivity index (χ4v) is 3.79. The zero-order valence-electron chi connectivity index (χ0n) is 19.0. The summed E-state index contributed by atoms with van der Waals surface area (Å²) in [5.41, 5.74) is -0.300. The topological polar surface area (TPSA) is 89.3 Å². The van der Waals surface area contributed by atoms with Gasteiger partial charge in [0, 0.05) is 12.7 Å². The molecule has 7 nitrogen and oxygen atoms in total. The lowest BCUT2D eigenvalue weighted by molar-refractivity contribution is -0.275. The number of hydrogen-bond acceptors (Lipinski definition) is 5. The van der Waals surface area contributed by atoms with Crippen molar-refractivity contribution in [2.45, 2.75) is 51.2 Å². The Bertz CT molecular complexity index is 1200. The maximum Gasteiger partial charge on any atom is 0.573 e. The number of nitrogens with one attached hydrogen (secondary N) is 1. The number of aromatic nitrogens is 3. The molecule has 0 aliphatic heterocycles. The van der Waals surface area contributed by atoms with E-state index in [0.29, 0.717) is 23.7 Å². The summed E-state index contributed by atoms with van der Waals surface area (Å²) in [6, 6.07) is 6.85. The smallest absolute Gasteiger partial charge is 0.403 e. The second-order valence-electron chi connectivity index (χ2n) is 9.05. The highest BCUT2D eigenvalue weighted by Gasteiger charge is 2.35. The van der Waals surface area contributed by atoms with Crippen LogP contribution in [0, 0.1) is 11.7 Å². The van der Waals surface area contributed by atoms with Crippen LogP contribution in [0.1, 0.15) is 48.8 Å². The van der Waals surface area contributed by atoms with Crippen LogP contribution in [0.4, 0.5) is 17.6 Å². The molecule has 1 saturated carbocycles. The summed E-state index contributed by atoms with van der Waals surface area (Å²) in [6.45, 7) is 3.33. The predicted octanol–water partition coefficient (Wildman–Crippen LogP) is 4.63. The molecular weight excluding hydrogens is 468 g/mol. The average Bonchev–Trinajstić information content (AvgIpc) is 3.49. The van der Waals surface area contributed by atoms with E-state index >= 15 is 0 Å². The summed E-state index contributed by atoms with van der Waals surface area (Å²) in [6.07, 6.45) is 0.119. The van der Waals surface area contributed by atoms with Crippen molar-refractivity contribution in [3.63, 3.8) is 0 Å². The van der Waals surface area contributed by atoms with Gasteiger partial charge in [-0.2, -0.15) is 5.10 Å². The summed E-state index contributed by atoms with van der Waals surface area (Å²) in [7, 11) is 0. The molecule has 0 saturated heterocycles. The van der Waals surface area contributed by atoms with Crippen LogP contribution in [0.2, 0.25) is 0 Å². The first-order valence-corrected chi connectivity index (χ1v) is 11.0. The van der Waals surface area contributed by atoms with Crippen LogP contribution < -0.4 is 10.1 Å². The standard InChI is InChI=1S/C24H24F4N4O3/c1-23(2,34)21(15-8-9-19(17(25)11-15)35-24(26,27)28)31-22(33)20-16(18-5-3-4-10-29-18)12-30-32(20)13-14-6-7-14/h3-5,8-12,14,21,34H,6-7,13H2,1-2H3,(H,31,33)/t21-/m0/s1. The molecule has 0 unspecified atom stereocenters. The minimum Gasteiger partial charge on any atom is -0.403 e. The summed E-state index contributed by atoms with van der Waals surface area (Å²) in [5, 5.41) is 17.8. The lowest BCUT2D eigenvalue weighted by Gasteiger charge is -2.31. The van der Waals surface area contributed by atoms with Crippen LogP contribution in [-0.2, 0) is 6.54 Å². The minimum absolute atomic E-state index is 0.0607. The van der Waals surface area contributed by atoms with Crippen LogP contribution in [-0.4, -0.2) is 37.7 Å². The maximum atomic E-state index is 14.4. The summed E-state index contributed by atoms with van der Waals surface area (Å²) in [4.78, 5) is 17.8. The quantitative estimate of drug-likeness (QED) is 0.448. The highest BCUT2D eigenvalue weighted by molar-refractivity contribution is 5.99. The van der Waals surface area contributed by atoms with Crippen LogP contribution in [0.25, 0.3) is 11.3 Å². The normalized spacial score (nSPS) is 15.1. The van der Waals surface area contributed by atoms with Gasteiger partial charge in [-0.15, -0.1) is 13.2 Å². The molecule has 4 rings (SSSR count). The van der Waals surface area contributed by atoms with E-state index in [2.05, 4.69) is 20.1 Å². The summed E-state index contributed by atoms with van der Waals surface area (Å²) in [5.74, 6) is -2.48. The number of ether oxygens (including phenoxy) is 1. The van der Waals surface area contributed by atoms with E-state index < -0.39 is 35.5 Å². The van der Waals surface area contributed by atoms with Crippen molar-refractivity contribution in [3.05, 3.63) is 65.9 Å². The Kier molecular flexibility index (Phi) is 6.54. The summed E-state index contributed by atoms with van der Waals surface area (Å²) < 4.78 is 57.2. The number of halogens is 4. The van der Waals surface area contributed by atoms with E-state index in [1.54, 1.807) is 35.3 Å². The third-order valence-corrected chi connectivity index (χ3v) is 5.62. The molecule has 1 aromatic carbocycles. The molecule has 3 aromatic rings. The third-order valence-electron chi connectivity index (χ3n) is 5.62. The number of pyridine rings is 1. The van der Waals surface area contributed by atoms with Gasteiger partial charge in [0.25, 0.3) is 5.91 Å². The third kappa shape index (κ3) is 5.97. The zero-order valence-corrected chi connectivity index (χ0v) is 19.0. The number of aliphatic hydroxyl groups is 1. The van der Waals surface area contributed by atoms with Crippen molar-refractivity contribution in [2.24, 2.45) is 5.92 Å². The molecule has 2 heterocycles. The maximum absolute atomic E-state index is 14.4.